The molecule has 10 rings (SSSR count). The smallest absolute Gasteiger partial charge is 0.0159 e. The van der Waals surface area contributed by atoms with Gasteiger partial charge in [0.1, 0.15) is 0 Å². The van der Waals surface area contributed by atoms with Crippen LogP contribution in [0.5, 0.6) is 0 Å². The molecule has 0 heterocycles. The van der Waals surface area contributed by atoms with Gasteiger partial charge in [0.2, 0.25) is 0 Å². The molecule has 0 atom stereocenters. The van der Waals surface area contributed by atoms with Crippen LogP contribution >= 0.6 is 0 Å². The van der Waals surface area contributed by atoms with Gasteiger partial charge in [-0.3, -0.25) is 0 Å². The Balaban J connectivity index is -0.000000371. The molecule has 5 aromatic rings. The molecule has 0 N–H and O–H groups in total. The van der Waals surface area contributed by atoms with E-state index >= 15 is 0 Å². The Morgan fingerprint density at radius 1 is 0.203 bits per heavy atom. The summed E-state index contributed by atoms with van der Waals surface area (Å²) >= 11 is 0. The van der Waals surface area contributed by atoms with E-state index in [0.29, 0.717) is 0 Å². The standard InChI is InChI=1S/5C12H16.9CH4/c5*1-10-6-2-5-9-12(10)11-7-3-4-8-11;;;;;;;;;/h5*2,5-6,9,11H,3-4,7-8H2,1H3;9*1H4. The quantitative estimate of drug-likeness (QED) is 0.165. The number of hydrogen-bond acceptors (Lipinski definition) is 0. The molecule has 5 saturated carbocycles. The zero-order chi connectivity index (χ0) is 41.9. The number of benzene rings is 5. The molecule has 0 bridgehead atoms. The van der Waals surface area contributed by atoms with Crippen LogP contribution in [0.25, 0.3) is 0 Å². The van der Waals surface area contributed by atoms with E-state index in [1.165, 1.54) is 156 Å². The van der Waals surface area contributed by atoms with Gasteiger partial charge in [-0.1, -0.05) is 252 Å². The van der Waals surface area contributed by atoms with Crippen molar-refractivity contribution in [2.75, 3.05) is 0 Å². The molecular formula is C69H116. The van der Waals surface area contributed by atoms with Gasteiger partial charge in [-0.15, -0.1) is 0 Å². The Morgan fingerprint density at radius 2 is 0.319 bits per heavy atom. The van der Waals surface area contributed by atoms with Crippen LogP contribution in [0.15, 0.2) is 121 Å². The summed E-state index contributed by atoms with van der Waals surface area (Å²) in [7, 11) is 0. The second-order valence-electron chi connectivity index (χ2n) is 19.2. The van der Waals surface area contributed by atoms with E-state index in [1.54, 1.807) is 27.8 Å². The van der Waals surface area contributed by atoms with Gasteiger partial charge in [0, 0.05) is 0 Å². The molecule has 5 aromatic carbocycles. The molecule has 0 spiro atoms. The molecular weight excluding hydrogens is 829 g/mol. The highest BCUT2D eigenvalue weighted by Crippen LogP contribution is 2.39. The minimum absolute atomic E-state index is 0. The van der Waals surface area contributed by atoms with Crippen LogP contribution in [-0.4, -0.2) is 0 Å². The van der Waals surface area contributed by atoms with Crippen LogP contribution in [0.4, 0.5) is 0 Å². The van der Waals surface area contributed by atoms with E-state index in [9.17, 15) is 0 Å². The van der Waals surface area contributed by atoms with Gasteiger partial charge >= 0.3 is 0 Å². The van der Waals surface area contributed by atoms with E-state index in [0.717, 1.165) is 29.6 Å². The van der Waals surface area contributed by atoms with Crippen molar-refractivity contribution in [2.45, 2.75) is 259 Å². The first kappa shape index (κ1) is 71.6. The zero-order valence-electron chi connectivity index (χ0n) is 38.6. The van der Waals surface area contributed by atoms with E-state index in [2.05, 4.69) is 156 Å². The zero-order valence-corrected chi connectivity index (χ0v) is 38.6. The van der Waals surface area contributed by atoms with Crippen molar-refractivity contribution in [1.82, 2.24) is 0 Å². The maximum Gasteiger partial charge on any atom is -0.0159 e. The SMILES string of the molecule is C.C.C.C.C.C.C.C.C.Cc1ccccc1C1CCCC1.Cc1ccccc1C1CCCC1.Cc1ccccc1C1CCCC1.Cc1ccccc1C1CCCC1.Cc1ccccc1C1CCCC1. The number of aryl methyl sites for hydroxylation is 5. The molecule has 0 amide bonds. The molecule has 5 aliphatic carbocycles. The lowest BCUT2D eigenvalue weighted by molar-refractivity contribution is 0.718. The van der Waals surface area contributed by atoms with Crippen LogP contribution in [0.1, 0.15) is 280 Å². The summed E-state index contributed by atoms with van der Waals surface area (Å²) in [5.74, 6) is 4.33. The lowest BCUT2D eigenvalue weighted by atomic mass is 9.94. The van der Waals surface area contributed by atoms with Crippen LogP contribution in [0.2, 0.25) is 0 Å². The first-order valence-electron chi connectivity index (χ1n) is 24.7. The summed E-state index contributed by atoms with van der Waals surface area (Å²) in [5, 5.41) is 0. The Kier molecular flexibility index (Phi) is 40.3. The van der Waals surface area contributed by atoms with Crippen molar-refractivity contribution in [2.24, 2.45) is 0 Å². The van der Waals surface area contributed by atoms with Gasteiger partial charge in [0.05, 0.1) is 0 Å². The van der Waals surface area contributed by atoms with Crippen LogP contribution in [-0.2, 0) is 0 Å². The van der Waals surface area contributed by atoms with E-state index in [-0.39, 0.29) is 66.8 Å². The molecule has 0 heteroatoms. The molecule has 392 valence electrons. The summed E-state index contributed by atoms with van der Waals surface area (Å²) in [4.78, 5) is 0. The third-order valence-electron chi connectivity index (χ3n) is 14.9. The Hall–Kier alpha value is -3.90. The minimum Gasteiger partial charge on any atom is -0.0776 e. The Labute approximate surface area is 434 Å². The van der Waals surface area contributed by atoms with Crippen molar-refractivity contribution in [3.8, 4) is 0 Å². The highest BCUT2D eigenvalue weighted by atomic mass is 14.3. The summed E-state index contributed by atoms with van der Waals surface area (Å²) in [6.45, 7) is 11.1. The van der Waals surface area contributed by atoms with Crippen molar-refractivity contribution >= 4 is 0 Å². The summed E-state index contributed by atoms with van der Waals surface area (Å²) in [5.41, 5.74) is 15.3. The minimum atomic E-state index is 0. The first-order chi connectivity index (χ1) is 29.4. The highest BCUT2D eigenvalue weighted by molar-refractivity contribution is 5.33. The average Bonchev–Trinajstić information content (AvgIpc) is 4.14. The Morgan fingerprint density at radius 3 is 0.435 bits per heavy atom. The number of rotatable bonds is 5. The molecule has 0 unspecified atom stereocenters. The highest BCUT2D eigenvalue weighted by Gasteiger charge is 2.21. The molecule has 5 aliphatic rings. The van der Waals surface area contributed by atoms with Crippen molar-refractivity contribution in [3.63, 3.8) is 0 Å². The molecule has 5 fully saturated rings. The monoisotopic (exact) mass is 945 g/mol. The van der Waals surface area contributed by atoms with Gasteiger partial charge in [0.25, 0.3) is 0 Å². The fourth-order valence-electron chi connectivity index (χ4n) is 11.4. The lowest BCUT2D eigenvalue weighted by Crippen LogP contribution is -1.94. The van der Waals surface area contributed by atoms with Gasteiger partial charge < -0.3 is 0 Å². The second kappa shape index (κ2) is 38.8. The van der Waals surface area contributed by atoms with E-state index < -0.39 is 0 Å². The molecule has 69 heavy (non-hydrogen) atoms. The molecule has 0 aliphatic heterocycles. The molecule has 0 aromatic heterocycles. The van der Waals surface area contributed by atoms with E-state index in [4.69, 9.17) is 0 Å². The molecule has 0 saturated heterocycles. The fourth-order valence-corrected chi connectivity index (χ4v) is 11.4. The fraction of sp³-hybridized carbons (Fsp3) is 0.565. The van der Waals surface area contributed by atoms with E-state index in [1.807, 2.05) is 0 Å². The van der Waals surface area contributed by atoms with Crippen molar-refractivity contribution < 1.29 is 0 Å². The largest absolute Gasteiger partial charge is 0.0776 e. The lowest BCUT2D eigenvalue weighted by Gasteiger charge is -2.11. The normalized spacial score (nSPS) is 16.0. The van der Waals surface area contributed by atoms with Gasteiger partial charge in [-0.25, -0.2) is 0 Å². The maximum atomic E-state index is 2.30. The Bertz CT molecular complexity index is 1620. The van der Waals surface area contributed by atoms with Gasteiger partial charge in [-0.05, 0) is 184 Å². The summed E-state index contributed by atoms with van der Waals surface area (Å²) in [6, 6.07) is 44.1. The maximum absolute atomic E-state index is 2.30. The summed E-state index contributed by atoms with van der Waals surface area (Å²) < 4.78 is 0. The predicted octanol–water partition coefficient (Wildman–Crippen LogP) is 24.0. The van der Waals surface area contributed by atoms with Crippen molar-refractivity contribution in [1.29, 1.82) is 0 Å². The predicted molar refractivity (Wildman–Crippen MR) is 323 cm³/mol. The van der Waals surface area contributed by atoms with Crippen molar-refractivity contribution in [3.05, 3.63) is 177 Å². The van der Waals surface area contributed by atoms with Crippen LogP contribution in [0, 0.1) is 34.6 Å². The topological polar surface area (TPSA) is 0 Å². The molecule has 0 radical (unpaired) electrons. The third kappa shape index (κ3) is 22.0. The molecule has 0 nitrogen and oxygen atoms in total. The van der Waals surface area contributed by atoms with Gasteiger partial charge in [-0.2, -0.15) is 0 Å². The van der Waals surface area contributed by atoms with Crippen LogP contribution in [0.3, 0.4) is 0 Å². The number of hydrogen-bond donors (Lipinski definition) is 0. The first-order valence-corrected chi connectivity index (χ1v) is 24.7. The second-order valence-corrected chi connectivity index (χ2v) is 19.2. The van der Waals surface area contributed by atoms with Crippen LogP contribution < -0.4 is 0 Å². The van der Waals surface area contributed by atoms with Gasteiger partial charge in [0.15, 0.2) is 0 Å². The third-order valence-corrected chi connectivity index (χ3v) is 14.9. The summed E-state index contributed by atoms with van der Waals surface area (Å²) in [6.07, 6.45) is 28.4. The average molecular weight is 946 g/mol.